The Labute approximate surface area is 179 Å². The minimum absolute atomic E-state index is 0.128. The Morgan fingerprint density at radius 3 is 2.76 bits per heavy atom. The standard InChI is InChI=1S/C26H43NO2/c1-4-6-11-20(3)25(28)14-13-23-24-18-21(17-22(24)19-26(23)29)12-9-8-10-16-27-15-7-5-2/h12-14,20,22-29H,5,7-11,15-19H2,1-3H3/b14-13+,21-12+/t20-,22+,23-,24+,25-,26-/m1/s1. The van der Waals surface area contributed by atoms with Crippen molar-refractivity contribution in [1.29, 1.82) is 0 Å². The third-order valence-electron chi connectivity index (χ3n) is 6.77. The highest BCUT2D eigenvalue weighted by Crippen LogP contribution is 2.50. The van der Waals surface area contributed by atoms with Gasteiger partial charge in [0.15, 0.2) is 0 Å². The highest BCUT2D eigenvalue weighted by Gasteiger charge is 2.44. The summed E-state index contributed by atoms with van der Waals surface area (Å²) in [6, 6.07) is 0. The lowest BCUT2D eigenvalue weighted by atomic mass is 9.89. The molecule has 0 heterocycles. The number of allylic oxidation sites excluding steroid dienone is 2. The zero-order valence-electron chi connectivity index (χ0n) is 18.9. The molecule has 6 atom stereocenters. The molecule has 2 fully saturated rings. The first kappa shape index (κ1) is 24.2. The smallest absolute Gasteiger partial charge is 0.0755 e. The highest BCUT2D eigenvalue weighted by atomic mass is 16.3. The van der Waals surface area contributed by atoms with Gasteiger partial charge in [0.1, 0.15) is 0 Å². The third-order valence-corrected chi connectivity index (χ3v) is 6.77. The van der Waals surface area contributed by atoms with Gasteiger partial charge in [0.25, 0.3) is 0 Å². The van der Waals surface area contributed by atoms with E-state index in [1.807, 2.05) is 19.9 Å². The number of hydrogen-bond acceptors (Lipinski definition) is 3. The average Bonchev–Trinajstić information content (AvgIpc) is 3.22. The Bertz CT molecular complexity index is 585. The Morgan fingerprint density at radius 1 is 1.21 bits per heavy atom. The first-order valence-electron chi connectivity index (χ1n) is 11.9. The predicted octanol–water partition coefficient (Wildman–Crippen LogP) is 4.85. The average molecular weight is 402 g/mol. The lowest BCUT2D eigenvalue weighted by molar-refractivity contribution is 0.137. The molecule has 0 spiro atoms. The van der Waals surface area contributed by atoms with Gasteiger partial charge in [-0.25, -0.2) is 0 Å². The summed E-state index contributed by atoms with van der Waals surface area (Å²) in [6.07, 6.45) is 15.9. The molecule has 0 aromatic rings. The van der Waals surface area contributed by atoms with Crippen LogP contribution in [0.5, 0.6) is 0 Å². The van der Waals surface area contributed by atoms with Gasteiger partial charge in [-0.2, -0.15) is 0 Å². The van der Waals surface area contributed by atoms with Gasteiger partial charge in [0.2, 0.25) is 0 Å². The lowest BCUT2D eigenvalue weighted by Crippen LogP contribution is -2.19. The number of rotatable bonds is 12. The molecule has 3 heteroatoms. The molecule has 2 rings (SSSR count). The van der Waals surface area contributed by atoms with Crippen LogP contribution >= 0.6 is 0 Å². The van der Waals surface area contributed by atoms with E-state index in [4.69, 9.17) is 0 Å². The molecule has 0 saturated heterocycles. The van der Waals surface area contributed by atoms with Crippen LogP contribution in [0.4, 0.5) is 0 Å². The molecule has 29 heavy (non-hydrogen) atoms. The SMILES string of the molecule is CC#CC[C@@H](C)[C@H](O)/C=C/[C@@H]1[C@H]2C/C(=C/CCCCNCCCC)C[C@H]2C[C@H]1O. The van der Waals surface area contributed by atoms with E-state index in [1.165, 1.54) is 32.1 Å². The Kier molecular flexibility index (Phi) is 11.1. The molecule has 3 nitrogen and oxygen atoms in total. The quantitative estimate of drug-likeness (QED) is 0.249. The second-order valence-electron chi connectivity index (χ2n) is 9.16. The molecule has 0 aliphatic heterocycles. The van der Waals surface area contributed by atoms with E-state index in [0.29, 0.717) is 18.3 Å². The monoisotopic (exact) mass is 401 g/mol. The van der Waals surface area contributed by atoms with Crippen molar-refractivity contribution in [2.24, 2.45) is 23.7 Å². The third kappa shape index (κ3) is 7.93. The van der Waals surface area contributed by atoms with E-state index in [1.54, 1.807) is 5.57 Å². The minimum atomic E-state index is -0.482. The van der Waals surface area contributed by atoms with Crippen molar-refractivity contribution in [2.75, 3.05) is 13.1 Å². The maximum Gasteiger partial charge on any atom is 0.0755 e. The summed E-state index contributed by atoms with van der Waals surface area (Å²) < 4.78 is 0. The van der Waals surface area contributed by atoms with Crippen molar-refractivity contribution in [1.82, 2.24) is 5.32 Å². The molecule has 3 N–H and O–H groups in total. The van der Waals surface area contributed by atoms with Gasteiger partial charge >= 0.3 is 0 Å². The fourth-order valence-electron chi connectivity index (χ4n) is 4.88. The summed E-state index contributed by atoms with van der Waals surface area (Å²) in [4.78, 5) is 0. The van der Waals surface area contributed by atoms with Crippen LogP contribution in [0.1, 0.15) is 78.6 Å². The van der Waals surface area contributed by atoms with E-state index in [2.05, 4.69) is 36.2 Å². The van der Waals surface area contributed by atoms with Crippen molar-refractivity contribution < 1.29 is 10.2 Å². The molecule has 164 valence electrons. The fraction of sp³-hybridized carbons (Fsp3) is 0.769. The van der Waals surface area contributed by atoms with Crippen LogP contribution in [-0.2, 0) is 0 Å². The second kappa shape index (κ2) is 13.3. The number of fused-ring (bicyclic) bond motifs is 1. The van der Waals surface area contributed by atoms with E-state index in [9.17, 15) is 10.2 Å². The molecule has 0 amide bonds. The van der Waals surface area contributed by atoms with Crippen LogP contribution in [0.2, 0.25) is 0 Å². The van der Waals surface area contributed by atoms with Gasteiger partial charge in [-0.15, -0.1) is 11.8 Å². The topological polar surface area (TPSA) is 52.5 Å². The molecule has 2 aliphatic rings. The maximum atomic E-state index is 10.5. The molecular weight excluding hydrogens is 358 g/mol. The van der Waals surface area contributed by atoms with Crippen LogP contribution in [0.15, 0.2) is 23.8 Å². The highest BCUT2D eigenvalue weighted by molar-refractivity contribution is 5.18. The van der Waals surface area contributed by atoms with E-state index in [0.717, 1.165) is 32.4 Å². The minimum Gasteiger partial charge on any atom is -0.392 e. The lowest BCUT2D eigenvalue weighted by Gasteiger charge is -2.19. The predicted molar refractivity (Wildman–Crippen MR) is 122 cm³/mol. The zero-order chi connectivity index (χ0) is 21.1. The summed E-state index contributed by atoms with van der Waals surface area (Å²) >= 11 is 0. The largest absolute Gasteiger partial charge is 0.392 e. The Balaban J connectivity index is 1.75. The van der Waals surface area contributed by atoms with Crippen molar-refractivity contribution in [3.8, 4) is 11.8 Å². The Hall–Kier alpha value is -1.08. The molecule has 0 aromatic heterocycles. The van der Waals surface area contributed by atoms with Crippen LogP contribution in [-0.4, -0.2) is 35.5 Å². The second-order valence-corrected chi connectivity index (χ2v) is 9.16. The van der Waals surface area contributed by atoms with E-state index < -0.39 is 6.10 Å². The number of hydrogen-bond donors (Lipinski definition) is 3. The molecule has 0 radical (unpaired) electrons. The van der Waals surface area contributed by atoms with Crippen LogP contribution < -0.4 is 5.32 Å². The van der Waals surface area contributed by atoms with Crippen LogP contribution in [0, 0.1) is 35.5 Å². The number of unbranched alkanes of at least 4 members (excludes halogenated alkanes) is 3. The summed E-state index contributed by atoms with van der Waals surface area (Å²) in [5.74, 6) is 7.41. The van der Waals surface area contributed by atoms with Crippen molar-refractivity contribution >= 4 is 0 Å². The van der Waals surface area contributed by atoms with Crippen LogP contribution in [0.25, 0.3) is 0 Å². The van der Waals surface area contributed by atoms with Gasteiger partial charge < -0.3 is 15.5 Å². The summed E-state index contributed by atoms with van der Waals surface area (Å²) in [6.45, 7) is 8.38. The van der Waals surface area contributed by atoms with Gasteiger partial charge in [-0.1, -0.05) is 44.1 Å². The number of aliphatic hydroxyl groups is 2. The number of nitrogens with one attached hydrogen (secondary N) is 1. The molecule has 0 aromatic carbocycles. The fourth-order valence-corrected chi connectivity index (χ4v) is 4.88. The zero-order valence-corrected chi connectivity index (χ0v) is 18.9. The van der Waals surface area contributed by atoms with Crippen molar-refractivity contribution in [3.63, 3.8) is 0 Å². The molecule has 2 saturated carbocycles. The van der Waals surface area contributed by atoms with Gasteiger partial charge in [0, 0.05) is 12.3 Å². The molecule has 0 bridgehead atoms. The summed E-state index contributed by atoms with van der Waals surface area (Å²) in [7, 11) is 0. The first-order valence-corrected chi connectivity index (χ1v) is 11.9. The normalized spacial score (nSPS) is 29.8. The maximum absolute atomic E-state index is 10.5. The Morgan fingerprint density at radius 2 is 2.00 bits per heavy atom. The first-order chi connectivity index (χ1) is 14.1. The summed E-state index contributed by atoms with van der Waals surface area (Å²) in [5, 5.41) is 24.4. The van der Waals surface area contributed by atoms with Gasteiger partial charge in [-0.3, -0.25) is 0 Å². The van der Waals surface area contributed by atoms with E-state index >= 15 is 0 Å². The van der Waals surface area contributed by atoms with E-state index in [-0.39, 0.29) is 17.9 Å². The number of aliphatic hydroxyl groups excluding tert-OH is 2. The van der Waals surface area contributed by atoms with Crippen LogP contribution in [0.3, 0.4) is 0 Å². The van der Waals surface area contributed by atoms with Crippen molar-refractivity contribution in [3.05, 3.63) is 23.8 Å². The van der Waals surface area contributed by atoms with Crippen molar-refractivity contribution in [2.45, 2.75) is 90.8 Å². The van der Waals surface area contributed by atoms with Gasteiger partial charge in [-0.05, 0) is 82.7 Å². The molecule has 0 unspecified atom stereocenters. The molecular formula is C26H43NO2. The van der Waals surface area contributed by atoms with Gasteiger partial charge in [0.05, 0.1) is 12.2 Å². The summed E-state index contributed by atoms with van der Waals surface area (Å²) in [5.41, 5.74) is 1.59. The molecule has 2 aliphatic carbocycles.